The third-order valence-corrected chi connectivity index (χ3v) is 5.51. The van der Waals surface area contributed by atoms with Crippen molar-refractivity contribution in [1.82, 2.24) is 9.21 Å². The molecule has 1 aromatic carbocycles. The molecule has 1 heterocycles. The van der Waals surface area contributed by atoms with Crippen molar-refractivity contribution in [3.05, 3.63) is 29.8 Å². The van der Waals surface area contributed by atoms with Gasteiger partial charge in [0.05, 0.1) is 11.4 Å². The molecule has 0 unspecified atom stereocenters. The molecule has 0 N–H and O–H groups in total. The number of sulfonamides is 1. The van der Waals surface area contributed by atoms with Crippen LogP contribution in [0, 0.1) is 6.92 Å². The van der Waals surface area contributed by atoms with E-state index in [0.29, 0.717) is 13.1 Å². The molecule has 116 valence electrons. The normalized spacial score (nSPS) is 18.1. The molecule has 1 aliphatic heterocycles. The van der Waals surface area contributed by atoms with Gasteiger partial charge in [-0.1, -0.05) is 17.7 Å². The van der Waals surface area contributed by atoms with Gasteiger partial charge < -0.3 is 4.90 Å². The van der Waals surface area contributed by atoms with E-state index in [4.69, 9.17) is 0 Å². The average molecular weight is 310 g/mol. The molecule has 1 aromatic rings. The lowest BCUT2D eigenvalue weighted by Gasteiger charge is -2.41. The first-order chi connectivity index (χ1) is 9.62. The lowest BCUT2D eigenvalue weighted by molar-refractivity contribution is -0.139. The third kappa shape index (κ3) is 3.27. The summed E-state index contributed by atoms with van der Waals surface area (Å²) in [7, 11) is -3.59. The zero-order valence-electron chi connectivity index (χ0n) is 13.0. The number of benzene rings is 1. The summed E-state index contributed by atoms with van der Waals surface area (Å²) in [4.78, 5) is 14.2. The number of aryl methyl sites for hydroxylation is 1. The van der Waals surface area contributed by atoms with Crippen LogP contribution < -0.4 is 0 Å². The number of piperazine rings is 1. The van der Waals surface area contributed by atoms with Crippen molar-refractivity contribution in [2.75, 3.05) is 19.6 Å². The van der Waals surface area contributed by atoms with Crippen molar-refractivity contribution in [3.8, 4) is 0 Å². The number of hydrogen-bond donors (Lipinski definition) is 0. The van der Waals surface area contributed by atoms with Crippen LogP contribution >= 0.6 is 0 Å². The van der Waals surface area contributed by atoms with E-state index in [0.717, 1.165) is 5.56 Å². The predicted octanol–water partition coefficient (Wildman–Crippen LogP) is 1.63. The smallest absolute Gasteiger partial charge is 0.243 e. The predicted molar refractivity (Wildman–Crippen MR) is 81.4 cm³/mol. The monoisotopic (exact) mass is 310 g/mol. The van der Waals surface area contributed by atoms with Crippen LogP contribution in [0.25, 0.3) is 0 Å². The summed E-state index contributed by atoms with van der Waals surface area (Å²) in [6.07, 6.45) is 0. The SMILES string of the molecule is Cc1ccc(S(=O)(=O)N2CCN(C(C)(C)C)C(=O)C2)cc1. The number of carbonyl (C=O) groups excluding carboxylic acids is 1. The highest BCUT2D eigenvalue weighted by atomic mass is 32.2. The van der Waals surface area contributed by atoms with Gasteiger partial charge >= 0.3 is 0 Å². The standard InChI is InChI=1S/C15H22N2O3S/c1-12-5-7-13(8-6-12)21(19,20)16-9-10-17(14(18)11-16)15(2,3)4/h5-8H,9-11H2,1-4H3. The largest absolute Gasteiger partial charge is 0.335 e. The zero-order chi connectivity index (χ0) is 15.8. The van der Waals surface area contributed by atoms with Crippen LogP contribution in [-0.4, -0.2) is 48.7 Å². The Balaban J connectivity index is 2.21. The van der Waals surface area contributed by atoms with Gasteiger partial charge in [-0.05, 0) is 39.8 Å². The lowest BCUT2D eigenvalue weighted by atomic mass is 10.1. The lowest BCUT2D eigenvalue weighted by Crippen LogP contribution is -2.57. The van der Waals surface area contributed by atoms with Crippen LogP contribution in [-0.2, 0) is 14.8 Å². The van der Waals surface area contributed by atoms with E-state index in [1.54, 1.807) is 29.2 Å². The average Bonchev–Trinajstić information content (AvgIpc) is 2.37. The van der Waals surface area contributed by atoms with Crippen LogP contribution in [0.1, 0.15) is 26.3 Å². The number of amides is 1. The Morgan fingerprint density at radius 1 is 1.05 bits per heavy atom. The fourth-order valence-electron chi connectivity index (χ4n) is 2.43. The van der Waals surface area contributed by atoms with Crippen molar-refractivity contribution in [2.45, 2.75) is 38.1 Å². The van der Waals surface area contributed by atoms with Crippen molar-refractivity contribution in [1.29, 1.82) is 0 Å². The minimum atomic E-state index is -3.59. The highest BCUT2D eigenvalue weighted by Crippen LogP contribution is 2.22. The highest BCUT2D eigenvalue weighted by molar-refractivity contribution is 7.89. The molecular weight excluding hydrogens is 288 g/mol. The van der Waals surface area contributed by atoms with Gasteiger partial charge in [0.15, 0.2) is 0 Å². The Morgan fingerprint density at radius 3 is 2.10 bits per heavy atom. The van der Waals surface area contributed by atoms with Gasteiger partial charge in [0.25, 0.3) is 0 Å². The molecule has 5 nitrogen and oxygen atoms in total. The summed E-state index contributed by atoms with van der Waals surface area (Å²) in [5.74, 6) is -0.149. The summed E-state index contributed by atoms with van der Waals surface area (Å²) in [5.41, 5.74) is 0.721. The molecule has 0 atom stereocenters. The van der Waals surface area contributed by atoms with Crippen LogP contribution in [0.15, 0.2) is 29.2 Å². The van der Waals surface area contributed by atoms with Crippen LogP contribution in [0.3, 0.4) is 0 Å². The molecule has 1 fully saturated rings. The number of nitrogens with zero attached hydrogens (tertiary/aromatic N) is 2. The third-order valence-electron chi connectivity index (χ3n) is 3.65. The second-order valence-corrected chi connectivity index (χ2v) is 8.31. The first-order valence-electron chi connectivity index (χ1n) is 6.99. The topological polar surface area (TPSA) is 57.7 Å². The summed E-state index contributed by atoms with van der Waals surface area (Å²) >= 11 is 0. The minimum absolute atomic E-state index is 0.0898. The van der Waals surface area contributed by atoms with E-state index in [2.05, 4.69) is 0 Å². The second kappa shape index (κ2) is 5.42. The molecule has 0 saturated carbocycles. The van der Waals surface area contributed by atoms with E-state index in [1.807, 2.05) is 27.7 Å². The van der Waals surface area contributed by atoms with Gasteiger partial charge in [0, 0.05) is 18.6 Å². The van der Waals surface area contributed by atoms with Crippen LogP contribution in [0.5, 0.6) is 0 Å². The number of rotatable bonds is 2. The first kappa shape index (κ1) is 16.0. The van der Waals surface area contributed by atoms with Gasteiger partial charge in [-0.25, -0.2) is 8.42 Å². The van der Waals surface area contributed by atoms with E-state index in [9.17, 15) is 13.2 Å². The fourth-order valence-corrected chi connectivity index (χ4v) is 3.81. The first-order valence-corrected chi connectivity index (χ1v) is 8.44. The van der Waals surface area contributed by atoms with Crippen molar-refractivity contribution >= 4 is 15.9 Å². The molecule has 21 heavy (non-hydrogen) atoms. The van der Waals surface area contributed by atoms with E-state index < -0.39 is 10.0 Å². The molecule has 0 bridgehead atoms. The van der Waals surface area contributed by atoms with Crippen molar-refractivity contribution < 1.29 is 13.2 Å². The van der Waals surface area contributed by atoms with Crippen LogP contribution in [0.2, 0.25) is 0 Å². The molecule has 1 aliphatic rings. The van der Waals surface area contributed by atoms with Crippen LogP contribution in [0.4, 0.5) is 0 Å². The van der Waals surface area contributed by atoms with Gasteiger partial charge in [-0.2, -0.15) is 4.31 Å². The maximum absolute atomic E-state index is 12.6. The Bertz CT molecular complexity index is 630. The molecule has 2 rings (SSSR count). The van der Waals surface area contributed by atoms with Gasteiger partial charge in [-0.3, -0.25) is 4.79 Å². The Kier molecular flexibility index (Phi) is 4.13. The molecule has 0 aromatic heterocycles. The summed E-state index contributed by atoms with van der Waals surface area (Å²) in [5, 5.41) is 0. The molecule has 6 heteroatoms. The van der Waals surface area contributed by atoms with E-state index in [1.165, 1.54) is 4.31 Å². The van der Waals surface area contributed by atoms with E-state index >= 15 is 0 Å². The maximum atomic E-state index is 12.6. The molecule has 0 radical (unpaired) electrons. The minimum Gasteiger partial charge on any atom is -0.335 e. The summed E-state index contributed by atoms with van der Waals surface area (Å²) in [6.45, 7) is 8.43. The van der Waals surface area contributed by atoms with E-state index in [-0.39, 0.29) is 22.9 Å². The Labute approximate surface area is 126 Å². The molecular formula is C15H22N2O3S. The number of carbonyl (C=O) groups is 1. The van der Waals surface area contributed by atoms with Crippen molar-refractivity contribution in [2.24, 2.45) is 0 Å². The highest BCUT2D eigenvalue weighted by Gasteiger charge is 2.36. The van der Waals surface area contributed by atoms with Gasteiger partial charge in [0.1, 0.15) is 0 Å². The molecule has 1 saturated heterocycles. The summed E-state index contributed by atoms with van der Waals surface area (Å²) in [6, 6.07) is 6.71. The molecule has 1 amide bonds. The summed E-state index contributed by atoms with van der Waals surface area (Å²) < 4.78 is 26.4. The fraction of sp³-hybridized carbons (Fsp3) is 0.533. The Morgan fingerprint density at radius 2 is 1.62 bits per heavy atom. The van der Waals surface area contributed by atoms with Gasteiger partial charge in [-0.15, -0.1) is 0 Å². The van der Waals surface area contributed by atoms with Gasteiger partial charge in [0.2, 0.25) is 15.9 Å². The quantitative estimate of drug-likeness (QED) is 0.834. The van der Waals surface area contributed by atoms with Crippen molar-refractivity contribution in [3.63, 3.8) is 0 Å². The Hall–Kier alpha value is -1.40. The zero-order valence-corrected chi connectivity index (χ0v) is 13.8. The second-order valence-electron chi connectivity index (χ2n) is 6.37. The molecule has 0 aliphatic carbocycles. The maximum Gasteiger partial charge on any atom is 0.243 e. The molecule has 0 spiro atoms. The number of hydrogen-bond acceptors (Lipinski definition) is 3.